The Bertz CT molecular complexity index is 1100. The van der Waals surface area contributed by atoms with Gasteiger partial charge in [0, 0.05) is 19.2 Å². The number of allylic oxidation sites excluding steroid dienone is 1. The van der Waals surface area contributed by atoms with Crippen LogP contribution in [0.4, 0.5) is 0 Å². The Morgan fingerprint density at radius 2 is 2.00 bits per heavy atom. The smallest absolute Gasteiger partial charge is 0.259 e. The first kappa shape index (κ1) is 19.2. The lowest BCUT2D eigenvalue weighted by atomic mass is 10.1. The van der Waals surface area contributed by atoms with Gasteiger partial charge in [0.2, 0.25) is 5.78 Å². The molecule has 1 heterocycles. The first-order chi connectivity index (χ1) is 13.6. The summed E-state index contributed by atoms with van der Waals surface area (Å²) in [6.07, 6.45) is 2.89. The minimum atomic E-state index is -0.433. The summed E-state index contributed by atoms with van der Waals surface area (Å²) in [5.41, 5.74) is 1.24. The van der Waals surface area contributed by atoms with Gasteiger partial charge >= 0.3 is 0 Å². The summed E-state index contributed by atoms with van der Waals surface area (Å²) >= 11 is 0. The largest absolute Gasteiger partial charge is 0.383 e. The number of carbonyl (C=O) groups is 2. The first-order valence-electron chi connectivity index (χ1n) is 8.67. The van der Waals surface area contributed by atoms with E-state index in [0.717, 1.165) is 0 Å². The molecule has 2 aromatic carbocycles. The van der Waals surface area contributed by atoms with Crippen LogP contribution in [0.5, 0.6) is 0 Å². The second-order valence-corrected chi connectivity index (χ2v) is 6.00. The molecule has 3 aromatic rings. The summed E-state index contributed by atoms with van der Waals surface area (Å²) < 4.78 is 4.90. The van der Waals surface area contributed by atoms with Crippen LogP contribution >= 0.6 is 0 Å². The van der Waals surface area contributed by atoms with Gasteiger partial charge in [-0.3, -0.25) is 14.4 Å². The van der Waals surface area contributed by atoms with Gasteiger partial charge in [-0.1, -0.05) is 30.3 Å². The van der Waals surface area contributed by atoms with Crippen LogP contribution in [0, 0.1) is 0 Å². The molecule has 0 saturated heterocycles. The van der Waals surface area contributed by atoms with Gasteiger partial charge in [-0.25, -0.2) is 4.98 Å². The zero-order chi connectivity index (χ0) is 19.9. The van der Waals surface area contributed by atoms with E-state index in [1.165, 1.54) is 6.08 Å². The summed E-state index contributed by atoms with van der Waals surface area (Å²) in [5.74, 6) is -0.689. The summed E-state index contributed by atoms with van der Waals surface area (Å²) in [4.78, 5) is 43.3. The van der Waals surface area contributed by atoms with E-state index in [9.17, 15) is 14.4 Å². The quantitative estimate of drug-likeness (QED) is 0.373. The molecule has 3 rings (SSSR count). The Labute approximate surface area is 161 Å². The molecule has 0 bridgehead atoms. The van der Waals surface area contributed by atoms with Crippen LogP contribution in [-0.2, 0) is 4.74 Å². The number of aromatic amines is 1. The molecule has 1 amide bonds. The highest BCUT2D eigenvalue weighted by atomic mass is 16.5. The number of hydrogen-bond donors (Lipinski definition) is 2. The van der Waals surface area contributed by atoms with Crippen molar-refractivity contribution in [3.05, 3.63) is 81.9 Å². The number of nitrogens with one attached hydrogen (secondary N) is 2. The van der Waals surface area contributed by atoms with Gasteiger partial charge in [0.15, 0.2) is 5.82 Å². The molecule has 142 valence electrons. The molecular weight excluding hydrogens is 358 g/mol. The normalized spacial score (nSPS) is 11.0. The zero-order valence-electron chi connectivity index (χ0n) is 15.3. The number of nitrogens with zero attached hydrogens (tertiary/aromatic N) is 1. The lowest BCUT2D eigenvalue weighted by Gasteiger charge is -2.05. The van der Waals surface area contributed by atoms with E-state index in [2.05, 4.69) is 15.3 Å². The molecule has 28 heavy (non-hydrogen) atoms. The predicted molar refractivity (Wildman–Crippen MR) is 106 cm³/mol. The summed E-state index contributed by atoms with van der Waals surface area (Å²) in [6, 6.07) is 13.7. The highest BCUT2D eigenvalue weighted by Crippen LogP contribution is 2.09. The maximum atomic E-state index is 12.4. The number of methoxy groups -OCH3 is 1. The van der Waals surface area contributed by atoms with Gasteiger partial charge in [0.25, 0.3) is 11.5 Å². The first-order valence-corrected chi connectivity index (χ1v) is 8.67. The molecule has 0 fully saturated rings. The monoisotopic (exact) mass is 377 g/mol. The van der Waals surface area contributed by atoms with Crippen molar-refractivity contribution in [2.24, 2.45) is 0 Å². The van der Waals surface area contributed by atoms with E-state index >= 15 is 0 Å². The van der Waals surface area contributed by atoms with Gasteiger partial charge in [-0.05, 0) is 35.9 Å². The van der Waals surface area contributed by atoms with Crippen LogP contribution in [0.3, 0.4) is 0 Å². The maximum Gasteiger partial charge on any atom is 0.259 e. The van der Waals surface area contributed by atoms with E-state index in [0.29, 0.717) is 35.2 Å². The average molecular weight is 377 g/mol. The van der Waals surface area contributed by atoms with Crippen LogP contribution in [0.25, 0.3) is 17.0 Å². The topological polar surface area (TPSA) is 101 Å². The molecule has 1 aromatic heterocycles. The number of ether oxygens (including phenoxy) is 1. The Hall–Kier alpha value is -3.58. The Kier molecular flexibility index (Phi) is 6.08. The number of rotatable bonds is 7. The lowest BCUT2D eigenvalue weighted by molar-refractivity contribution is 0.0936. The second kappa shape index (κ2) is 8.88. The summed E-state index contributed by atoms with van der Waals surface area (Å²) in [7, 11) is 1.56. The van der Waals surface area contributed by atoms with Crippen molar-refractivity contribution in [3.63, 3.8) is 0 Å². The molecule has 0 aliphatic heterocycles. The van der Waals surface area contributed by atoms with E-state index in [1.54, 1.807) is 61.7 Å². The Balaban J connectivity index is 1.77. The molecule has 7 heteroatoms. The van der Waals surface area contributed by atoms with Crippen LogP contribution < -0.4 is 10.9 Å². The van der Waals surface area contributed by atoms with Gasteiger partial charge in [0.1, 0.15) is 0 Å². The zero-order valence-corrected chi connectivity index (χ0v) is 15.3. The minimum Gasteiger partial charge on any atom is -0.383 e. The number of carbonyl (C=O) groups excluding carboxylic acids is 2. The predicted octanol–water partition coefficient (Wildman–Crippen LogP) is 2.20. The fraction of sp³-hybridized carbons (Fsp3) is 0.143. The molecule has 0 spiro atoms. The third-order valence-electron chi connectivity index (χ3n) is 4.01. The van der Waals surface area contributed by atoms with Crippen LogP contribution in [-0.4, -0.2) is 41.9 Å². The van der Waals surface area contributed by atoms with E-state index < -0.39 is 5.78 Å². The van der Waals surface area contributed by atoms with Gasteiger partial charge in [-0.15, -0.1) is 0 Å². The van der Waals surface area contributed by atoms with Gasteiger partial charge < -0.3 is 15.0 Å². The molecule has 2 N–H and O–H groups in total. The SMILES string of the molecule is COCCNC(=O)c1cccc(C=CC(=O)c2nc3ccccc3c(=O)[nH]2)c1. The second-order valence-electron chi connectivity index (χ2n) is 6.00. The third-order valence-corrected chi connectivity index (χ3v) is 4.01. The number of ketones is 1. The molecule has 0 aliphatic rings. The van der Waals surface area contributed by atoms with Gasteiger partial charge in [0.05, 0.1) is 17.5 Å². The van der Waals surface area contributed by atoms with Crippen molar-refractivity contribution in [2.75, 3.05) is 20.3 Å². The molecular formula is C21H19N3O4. The van der Waals surface area contributed by atoms with Crippen molar-refractivity contribution in [1.29, 1.82) is 0 Å². The molecule has 7 nitrogen and oxygen atoms in total. The number of aromatic nitrogens is 2. The van der Waals surface area contributed by atoms with Crippen LogP contribution in [0.15, 0.2) is 59.4 Å². The standard InChI is InChI=1S/C21H19N3O4/c1-28-12-11-22-20(26)15-6-4-5-14(13-15)9-10-18(25)19-23-17-8-3-2-7-16(17)21(27)24-19/h2-10,13H,11-12H2,1H3,(H,22,26)(H,23,24,27). The number of H-pyrrole nitrogens is 1. The fourth-order valence-electron chi connectivity index (χ4n) is 2.61. The maximum absolute atomic E-state index is 12.4. The number of amides is 1. The van der Waals surface area contributed by atoms with Crippen molar-refractivity contribution >= 4 is 28.7 Å². The van der Waals surface area contributed by atoms with E-state index in [4.69, 9.17) is 4.74 Å². The number of fused-ring (bicyclic) bond motifs is 1. The van der Waals surface area contributed by atoms with Crippen molar-refractivity contribution in [3.8, 4) is 0 Å². The highest BCUT2D eigenvalue weighted by Gasteiger charge is 2.09. The van der Waals surface area contributed by atoms with Crippen molar-refractivity contribution in [1.82, 2.24) is 15.3 Å². The highest BCUT2D eigenvalue weighted by molar-refractivity contribution is 6.05. The summed E-state index contributed by atoms with van der Waals surface area (Å²) in [5, 5.41) is 3.16. The number of benzene rings is 2. The van der Waals surface area contributed by atoms with Crippen molar-refractivity contribution in [2.45, 2.75) is 0 Å². The molecule has 0 atom stereocenters. The number of hydrogen-bond acceptors (Lipinski definition) is 5. The third kappa shape index (κ3) is 4.57. The van der Waals surface area contributed by atoms with Crippen molar-refractivity contribution < 1.29 is 14.3 Å². The van der Waals surface area contributed by atoms with E-state index in [1.807, 2.05) is 0 Å². The van der Waals surface area contributed by atoms with Gasteiger partial charge in [-0.2, -0.15) is 0 Å². The van der Waals surface area contributed by atoms with Crippen LogP contribution in [0.1, 0.15) is 26.5 Å². The Morgan fingerprint density at radius 1 is 1.18 bits per heavy atom. The Morgan fingerprint density at radius 3 is 2.82 bits per heavy atom. The molecule has 0 radical (unpaired) electrons. The van der Waals surface area contributed by atoms with E-state index in [-0.39, 0.29) is 17.3 Å². The average Bonchev–Trinajstić information content (AvgIpc) is 2.72. The molecule has 0 saturated carbocycles. The molecule has 0 unspecified atom stereocenters. The summed E-state index contributed by atoms with van der Waals surface area (Å²) in [6.45, 7) is 0.839. The lowest BCUT2D eigenvalue weighted by Crippen LogP contribution is -2.26. The minimum absolute atomic E-state index is 0.0339. The number of para-hydroxylation sites is 1. The molecule has 0 aliphatic carbocycles. The fourth-order valence-corrected chi connectivity index (χ4v) is 2.61. The van der Waals surface area contributed by atoms with Crippen LogP contribution in [0.2, 0.25) is 0 Å².